The van der Waals surface area contributed by atoms with Crippen LogP contribution >= 0.6 is 0 Å². The highest BCUT2D eigenvalue weighted by molar-refractivity contribution is 5.94. The fourth-order valence-corrected chi connectivity index (χ4v) is 3.14. The van der Waals surface area contributed by atoms with Crippen LogP contribution in [0.3, 0.4) is 0 Å². The molecule has 0 saturated heterocycles. The molecule has 1 atom stereocenters. The first kappa shape index (κ1) is 15.7. The standard InChI is InChI=1S/C16H17F3N2O2/c1-3-9-8-23-15-12(21(9)4-2)6-5-11-14(15)10(16(17,18)19)7-13(22)20-11/h5-7,9H,3-4,8H2,1-2H3,(H,20,22)/t9-/m1/s1. The molecule has 0 unspecified atom stereocenters. The second-order valence-electron chi connectivity index (χ2n) is 5.54. The van der Waals surface area contributed by atoms with Crippen LogP contribution in [0.5, 0.6) is 5.75 Å². The van der Waals surface area contributed by atoms with Crippen LogP contribution < -0.4 is 15.2 Å². The van der Waals surface area contributed by atoms with Crippen molar-refractivity contribution in [3.05, 3.63) is 34.1 Å². The minimum absolute atomic E-state index is 0.0809. The van der Waals surface area contributed by atoms with Gasteiger partial charge in [-0.25, -0.2) is 0 Å². The van der Waals surface area contributed by atoms with Gasteiger partial charge in [-0.2, -0.15) is 13.2 Å². The molecule has 2 aromatic rings. The van der Waals surface area contributed by atoms with Gasteiger partial charge in [-0.1, -0.05) is 6.92 Å². The number of aromatic nitrogens is 1. The zero-order valence-electron chi connectivity index (χ0n) is 12.8. The highest BCUT2D eigenvalue weighted by Crippen LogP contribution is 2.44. The number of nitrogens with one attached hydrogen (secondary N) is 1. The Labute approximate surface area is 130 Å². The van der Waals surface area contributed by atoms with Crippen LogP contribution in [0.25, 0.3) is 10.9 Å². The monoisotopic (exact) mass is 326 g/mol. The van der Waals surface area contributed by atoms with E-state index in [4.69, 9.17) is 4.74 Å². The van der Waals surface area contributed by atoms with E-state index in [1.165, 1.54) is 6.07 Å². The Morgan fingerprint density at radius 2 is 2.09 bits per heavy atom. The van der Waals surface area contributed by atoms with Crippen molar-refractivity contribution in [1.82, 2.24) is 4.98 Å². The third-order valence-electron chi connectivity index (χ3n) is 4.23. The van der Waals surface area contributed by atoms with Gasteiger partial charge in [-0.05, 0) is 25.5 Å². The lowest BCUT2D eigenvalue weighted by atomic mass is 10.0. The van der Waals surface area contributed by atoms with Gasteiger partial charge in [0, 0.05) is 12.6 Å². The third-order valence-corrected chi connectivity index (χ3v) is 4.23. The van der Waals surface area contributed by atoms with Crippen LogP contribution in [0.1, 0.15) is 25.8 Å². The summed E-state index contributed by atoms with van der Waals surface area (Å²) in [5.74, 6) is 0.192. The largest absolute Gasteiger partial charge is 0.489 e. The lowest BCUT2D eigenvalue weighted by molar-refractivity contribution is -0.136. The summed E-state index contributed by atoms with van der Waals surface area (Å²) in [4.78, 5) is 16.0. The molecule has 0 amide bonds. The number of nitrogens with zero attached hydrogens (tertiary/aromatic N) is 1. The predicted molar refractivity (Wildman–Crippen MR) is 82.2 cm³/mol. The van der Waals surface area contributed by atoms with E-state index in [9.17, 15) is 18.0 Å². The quantitative estimate of drug-likeness (QED) is 0.918. The van der Waals surface area contributed by atoms with Gasteiger partial charge >= 0.3 is 6.18 Å². The van der Waals surface area contributed by atoms with Crippen LogP contribution in [0.2, 0.25) is 0 Å². The number of benzene rings is 1. The molecule has 1 aromatic heterocycles. The van der Waals surface area contributed by atoms with Gasteiger partial charge in [0.15, 0.2) is 5.75 Å². The Balaban J connectivity index is 2.34. The molecule has 2 heterocycles. The number of likely N-dealkylation sites (N-methyl/N-ethyl adjacent to an activating group) is 1. The molecule has 1 aliphatic heterocycles. The molecular formula is C16H17F3N2O2. The van der Waals surface area contributed by atoms with Crippen molar-refractivity contribution >= 4 is 16.6 Å². The van der Waals surface area contributed by atoms with E-state index in [0.717, 1.165) is 6.42 Å². The van der Waals surface area contributed by atoms with E-state index in [-0.39, 0.29) is 22.7 Å². The molecule has 7 heteroatoms. The molecule has 3 rings (SSSR count). The molecule has 23 heavy (non-hydrogen) atoms. The first-order valence-corrected chi connectivity index (χ1v) is 7.53. The SMILES string of the molecule is CC[C@@H]1COc2c(ccc3[nH]c(=O)cc(C(F)(F)F)c23)N1CC. The second-order valence-corrected chi connectivity index (χ2v) is 5.54. The molecule has 1 aliphatic rings. The van der Waals surface area contributed by atoms with Gasteiger partial charge in [0.05, 0.1) is 28.2 Å². The maximum atomic E-state index is 13.4. The van der Waals surface area contributed by atoms with Crippen LogP contribution in [0.15, 0.2) is 23.0 Å². The lowest BCUT2D eigenvalue weighted by Crippen LogP contribution is -2.42. The predicted octanol–water partition coefficient (Wildman–Crippen LogP) is 3.54. The van der Waals surface area contributed by atoms with E-state index in [1.807, 2.05) is 18.7 Å². The van der Waals surface area contributed by atoms with Crippen molar-refractivity contribution in [2.24, 2.45) is 0 Å². The minimum atomic E-state index is -4.62. The van der Waals surface area contributed by atoms with E-state index in [2.05, 4.69) is 4.98 Å². The van der Waals surface area contributed by atoms with Crippen LogP contribution in [-0.4, -0.2) is 24.2 Å². The molecule has 0 saturated carbocycles. The average molecular weight is 326 g/mol. The first-order chi connectivity index (χ1) is 10.9. The fraction of sp³-hybridized carbons (Fsp3) is 0.438. The summed E-state index contributed by atoms with van der Waals surface area (Å²) < 4.78 is 45.8. The Bertz CT molecular complexity index is 798. The number of anilines is 1. The minimum Gasteiger partial charge on any atom is -0.489 e. The van der Waals surface area contributed by atoms with Gasteiger partial charge in [0.1, 0.15) is 6.61 Å². The van der Waals surface area contributed by atoms with E-state index < -0.39 is 17.3 Å². The van der Waals surface area contributed by atoms with Gasteiger partial charge in [0.25, 0.3) is 0 Å². The molecule has 0 aliphatic carbocycles. The summed E-state index contributed by atoms with van der Waals surface area (Å²) in [6.07, 6.45) is -3.79. The Kier molecular flexibility index (Phi) is 3.74. The molecule has 0 fully saturated rings. The van der Waals surface area contributed by atoms with Crippen molar-refractivity contribution in [3.8, 4) is 5.75 Å². The summed E-state index contributed by atoms with van der Waals surface area (Å²) in [6, 6.07) is 3.93. The second kappa shape index (κ2) is 5.47. The van der Waals surface area contributed by atoms with E-state index in [0.29, 0.717) is 24.9 Å². The smallest absolute Gasteiger partial charge is 0.417 e. The normalized spacial score (nSPS) is 18.0. The van der Waals surface area contributed by atoms with Crippen LogP contribution in [-0.2, 0) is 6.18 Å². The highest BCUT2D eigenvalue weighted by Gasteiger charge is 2.37. The molecule has 1 N–H and O–H groups in total. The van der Waals surface area contributed by atoms with Crippen molar-refractivity contribution in [2.75, 3.05) is 18.1 Å². The molecular weight excluding hydrogens is 309 g/mol. The first-order valence-electron chi connectivity index (χ1n) is 7.53. The van der Waals surface area contributed by atoms with E-state index in [1.54, 1.807) is 6.07 Å². The van der Waals surface area contributed by atoms with Gasteiger partial charge in [-0.15, -0.1) is 0 Å². The zero-order chi connectivity index (χ0) is 16.8. The number of hydrogen-bond acceptors (Lipinski definition) is 3. The van der Waals surface area contributed by atoms with Gasteiger partial charge in [0.2, 0.25) is 5.56 Å². The van der Waals surface area contributed by atoms with Crippen molar-refractivity contribution in [1.29, 1.82) is 0 Å². The highest BCUT2D eigenvalue weighted by atomic mass is 19.4. The lowest BCUT2D eigenvalue weighted by Gasteiger charge is -2.38. The number of aromatic amines is 1. The number of hydrogen-bond donors (Lipinski definition) is 1. The number of alkyl halides is 3. The molecule has 0 radical (unpaired) electrons. The van der Waals surface area contributed by atoms with Crippen molar-refractivity contribution < 1.29 is 17.9 Å². The molecule has 0 spiro atoms. The summed E-state index contributed by atoms with van der Waals surface area (Å²) in [5, 5.41) is -0.0809. The summed E-state index contributed by atoms with van der Waals surface area (Å²) in [6.45, 7) is 4.97. The number of fused-ring (bicyclic) bond motifs is 3. The molecule has 4 nitrogen and oxygen atoms in total. The Morgan fingerprint density at radius 1 is 1.35 bits per heavy atom. The summed E-state index contributed by atoms with van der Waals surface area (Å²) in [7, 11) is 0. The molecule has 0 bridgehead atoms. The molecule has 124 valence electrons. The summed E-state index contributed by atoms with van der Waals surface area (Å²) in [5.41, 5.74) is -0.969. The summed E-state index contributed by atoms with van der Waals surface area (Å²) >= 11 is 0. The Hall–Kier alpha value is -2.18. The molecule has 1 aromatic carbocycles. The maximum absolute atomic E-state index is 13.4. The third kappa shape index (κ3) is 2.54. The maximum Gasteiger partial charge on any atom is 0.417 e. The number of ether oxygens (including phenoxy) is 1. The average Bonchev–Trinajstić information content (AvgIpc) is 2.51. The Morgan fingerprint density at radius 3 is 2.70 bits per heavy atom. The van der Waals surface area contributed by atoms with Crippen molar-refractivity contribution in [2.45, 2.75) is 32.5 Å². The van der Waals surface area contributed by atoms with Gasteiger partial charge in [-0.3, -0.25) is 4.79 Å². The van der Waals surface area contributed by atoms with Crippen molar-refractivity contribution in [3.63, 3.8) is 0 Å². The number of pyridine rings is 1. The van der Waals surface area contributed by atoms with Gasteiger partial charge < -0.3 is 14.6 Å². The fourth-order valence-electron chi connectivity index (χ4n) is 3.14. The number of H-pyrrole nitrogens is 1. The van der Waals surface area contributed by atoms with Crippen LogP contribution in [0.4, 0.5) is 18.9 Å². The van der Waals surface area contributed by atoms with Crippen LogP contribution in [0, 0.1) is 0 Å². The number of halogens is 3. The number of rotatable bonds is 2. The zero-order valence-corrected chi connectivity index (χ0v) is 12.8. The topological polar surface area (TPSA) is 45.3 Å². The van der Waals surface area contributed by atoms with E-state index >= 15 is 0 Å².